The number of amides is 1. The maximum atomic E-state index is 12.5. The van der Waals surface area contributed by atoms with Crippen LogP contribution in [0.15, 0.2) is 47.4 Å². The van der Waals surface area contributed by atoms with Gasteiger partial charge in [-0.1, -0.05) is 31.2 Å². The van der Waals surface area contributed by atoms with E-state index >= 15 is 0 Å². The fourth-order valence-electron chi connectivity index (χ4n) is 3.58. The monoisotopic (exact) mass is 400 g/mol. The first kappa shape index (κ1) is 20.6. The molecule has 2 N–H and O–H groups in total. The Labute approximate surface area is 167 Å². The highest BCUT2D eigenvalue weighted by Gasteiger charge is 2.17. The Kier molecular flexibility index (Phi) is 6.86. The number of hydrogen-bond donors (Lipinski definition) is 2. The molecule has 0 aromatic heterocycles. The highest BCUT2D eigenvalue weighted by Crippen LogP contribution is 2.24. The lowest BCUT2D eigenvalue weighted by atomic mass is 9.92. The van der Waals surface area contributed by atoms with Crippen molar-refractivity contribution in [3.8, 4) is 0 Å². The van der Waals surface area contributed by atoms with Gasteiger partial charge < -0.3 is 5.32 Å². The van der Waals surface area contributed by atoms with Crippen molar-refractivity contribution >= 4 is 21.6 Å². The van der Waals surface area contributed by atoms with E-state index in [9.17, 15) is 13.2 Å². The van der Waals surface area contributed by atoms with Gasteiger partial charge in [0.2, 0.25) is 15.9 Å². The van der Waals surface area contributed by atoms with Crippen LogP contribution < -0.4 is 10.0 Å². The first-order valence-electron chi connectivity index (χ1n) is 9.99. The standard InChI is InChI=1S/C22H28N2O3S/c1-2-17-8-5-6-11-21(17)24-22(25)12-7-15-23-28(26,27)20-14-13-18-9-3-4-10-19(18)16-20/h5-6,8,11,13-14,16,23H,2-4,7,9-10,12,15H2,1H3,(H,24,25). The van der Waals surface area contributed by atoms with Crippen LogP contribution in [0, 0.1) is 0 Å². The summed E-state index contributed by atoms with van der Waals surface area (Å²) in [6, 6.07) is 13.1. The van der Waals surface area contributed by atoms with Crippen LogP contribution in [-0.4, -0.2) is 20.9 Å². The minimum Gasteiger partial charge on any atom is -0.326 e. The van der Waals surface area contributed by atoms with Gasteiger partial charge in [-0.15, -0.1) is 0 Å². The Morgan fingerprint density at radius 2 is 1.79 bits per heavy atom. The molecule has 150 valence electrons. The predicted octanol–water partition coefficient (Wildman–Crippen LogP) is 3.83. The van der Waals surface area contributed by atoms with Crippen molar-refractivity contribution in [3.05, 3.63) is 59.2 Å². The van der Waals surface area contributed by atoms with Gasteiger partial charge in [0.1, 0.15) is 0 Å². The third kappa shape index (κ3) is 5.20. The van der Waals surface area contributed by atoms with Gasteiger partial charge in [-0.3, -0.25) is 4.79 Å². The summed E-state index contributed by atoms with van der Waals surface area (Å²) in [5.41, 5.74) is 4.31. The van der Waals surface area contributed by atoms with Crippen LogP contribution in [0.1, 0.15) is 49.3 Å². The van der Waals surface area contributed by atoms with Crippen molar-refractivity contribution in [1.82, 2.24) is 4.72 Å². The van der Waals surface area contributed by atoms with Crippen molar-refractivity contribution in [3.63, 3.8) is 0 Å². The molecule has 0 bridgehead atoms. The second-order valence-electron chi connectivity index (χ2n) is 7.20. The molecule has 1 amide bonds. The van der Waals surface area contributed by atoms with E-state index in [1.54, 1.807) is 12.1 Å². The molecule has 0 saturated carbocycles. The minimum absolute atomic E-state index is 0.103. The van der Waals surface area contributed by atoms with Crippen molar-refractivity contribution < 1.29 is 13.2 Å². The van der Waals surface area contributed by atoms with Crippen LogP contribution in [0.2, 0.25) is 0 Å². The molecule has 2 aromatic carbocycles. The van der Waals surface area contributed by atoms with Gasteiger partial charge in [-0.25, -0.2) is 13.1 Å². The van der Waals surface area contributed by atoms with Gasteiger partial charge in [-0.05, 0) is 73.4 Å². The third-order valence-electron chi connectivity index (χ3n) is 5.18. The summed E-state index contributed by atoms with van der Waals surface area (Å²) in [5.74, 6) is -0.103. The molecule has 0 atom stereocenters. The molecule has 0 spiro atoms. The number of aryl methyl sites for hydroxylation is 3. The molecule has 3 rings (SSSR count). The molecule has 28 heavy (non-hydrogen) atoms. The second kappa shape index (κ2) is 9.34. The summed E-state index contributed by atoms with van der Waals surface area (Å²) in [7, 11) is -3.54. The Balaban J connectivity index is 1.49. The molecule has 0 unspecified atom stereocenters. The Morgan fingerprint density at radius 3 is 2.57 bits per heavy atom. The number of benzene rings is 2. The fourth-order valence-corrected chi connectivity index (χ4v) is 4.70. The van der Waals surface area contributed by atoms with Crippen LogP contribution in [0.3, 0.4) is 0 Å². The number of nitrogens with one attached hydrogen (secondary N) is 2. The summed E-state index contributed by atoms with van der Waals surface area (Å²) in [6.45, 7) is 2.28. The number of sulfonamides is 1. The predicted molar refractivity (Wildman–Crippen MR) is 112 cm³/mol. The topological polar surface area (TPSA) is 75.3 Å². The summed E-state index contributed by atoms with van der Waals surface area (Å²) >= 11 is 0. The van der Waals surface area contributed by atoms with E-state index in [1.807, 2.05) is 37.3 Å². The maximum absolute atomic E-state index is 12.5. The smallest absolute Gasteiger partial charge is 0.240 e. The van der Waals surface area contributed by atoms with Gasteiger partial charge in [0.15, 0.2) is 0 Å². The average molecular weight is 401 g/mol. The Morgan fingerprint density at radius 1 is 1.04 bits per heavy atom. The molecule has 6 heteroatoms. The summed E-state index contributed by atoms with van der Waals surface area (Å²) in [6.07, 6.45) is 5.81. The molecule has 0 saturated heterocycles. The van der Waals surface area contributed by atoms with E-state index < -0.39 is 10.0 Å². The molecule has 1 aliphatic carbocycles. The van der Waals surface area contributed by atoms with Gasteiger partial charge in [0, 0.05) is 18.7 Å². The van der Waals surface area contributed by atoms with Gasteiger partial charge in [-0.2, -0.15) is 0 Å². The molecule has 0 heterocycles. The lowest BCUT2D eigenvalue weighted by Gasteiger charge is -2.16. The molecule has 1 aliphatic rings. The third-order valence-corrected chi connectivity index (χ3v) is 6.63. The van der Waals surface area contributed by atoms with Crippen molar-refractivity contribution in [1.29, 1.82) is 0 Å². The van der Waals surface area contributed by atoms with Gasteiger partial charge >= 0.3 is 0 Å². The Hall–Kier alpha value is -2.18. The van der Waals surface area contributed by atoms with Crippen LogP contribution in [0.5, 0.6) is 0 Å². The minimum atomic E-state index is -3.54. The van der Waals surface area contributed by atoms with Crippen molar-refractivity contribution in [2.45, 2.75) is 56.8 Å². The number of carbonyl (C=O) groups is 1. The number of rotatable bonds is 8. The molecular weight excluding hydrogens is 372 g/mol. The lowest BCUT2D eigenvalue weighted by Crippen LogP contribution is -2.26. The zero-order valence-corrected chi connectivity index (χ0v) is 17.1. The van der Waals surface area contributed by atoms with E-state index in [-0.39, 0.29) is 18.9 Å². The van der Waals surface area contributed by atoms with Gasteiger partial charge in [0.25, 0.3) is 0 Å². The number of hydrogen-bond acceptors (Lipinski definition) is 3. The van der Waals surface area contributed by atoms with E-state index in [2.05, 4.69) is 10.0 Å². The molecule has 0 aliphatic heterocycles. The number of carbonyl (C=O) groups excluding carboxylic acids is 1. The maximum Gasteiger partial charge on any atom is 0.240 e. The number of fused-ring (bicyclic) bond motifs is 1. The molecule has 0 fully saturated rings. The highest BCUT2D eigenvalue weighted by molar-refractivity contribution is 7.89. The lowest BCUT2D eigenvalue weighted by molar-refractivity contribution is -0.116. The van der Waals surface area contributed by atoms with Crippen LogP contribution in [0.25, 0.3) is 0 Å². The average Bonchev–Trinajstić information content (AvgIpc) is 2.71. The summed E-state index contributed by atoms with van der Waals surface area (Å²) < 4.78 is 27.7. The van der Waals surface area contributed by atoms with E-state index in [1.165, 1.54) is 12.0 Å². The fraction of sp³-hybridized carbons (Fsp3) is 0.409. The number of para-hydroxylation sites is 1. The van der Waals surface area contributed by atoms with Crippen molar-refractivity contribution in [2.24, 2.45) is 0 Å². The number of anilines is 1. The van der Waals surface area contributed by atoms with Gasteiger partial charge in [0.05, 0.1) is 4.90 Å². The molecular formula is C22H28N2O3S. The summed E-state index contributed by atoms with van der Waals surface area (Å²) in [4.78, 5) is 12.5. The van der Waals surface area contributed by atoms with Crippen LogP contribution in [0.4, 0.5) is 5.69 Å². The molecule has 5 nitrogen and oxygen atoms in total. The van der Waals surface area contributed by atoms with Crippen molar-refractivity contribution in [2.75, 3.05) is 11.9 Å². The first-order chi connectivity index (χ1) is 13.5. The second-order valence-corrected chi connectivity index (χ2v) is 8.96. The highest BCUT2D eigenvalue weighted by atomic mass is 32.2. The normalized spacial score (nSPS) is 13.8. The molecule has 2 aromatic rings. The zero-order valence-electron chi connectivity index (χ0n) is 16.3. The SMILES string of the molecule is CCc1ccccc1NC(=O)CCCNS(=O)(=O)c1ccc2c(c1)CCCC2. The first-order valence-corrected chi connectivity index (χ1v) is 11.5. The van der Waals surface area contributed by atoms with E-state index in [4.69, 9.17) is 0 Å². The molecule has 0 radical (unpaired) electrons. The van der Waals surface area contributed by atoms with E-state index in [0.29, 0.717) is 11.3 Å². The van der Waals surface area contributed by atoms with Crippen LogP contribution in [-0.2, 0) is 34.1 Å². The van der Waals surface area contributed by atoms with Crippen LogP contribution >= 0.6 is 0 Å². The largest absolute Gasteiger partial charge is 0.326 e. The quantitative estimate of drug-likeness (QED) is 0.662. The summed E-state index contributed by atoms with van der Waals surface area (Å²) in [5, 5.41) is 2.91. The van der Waals surface area contributed by atoms with E-state index in [0.717, 1.165) is 42.5 Å². The zero-order chi connectivity index (χ0) is 20.0. The Bertz CT molecular complexity index is 939.